The highest BCUT2D eigenvalue weighted by Crippen LogP contribution is 2.36. The van der Waals surface area contributed by atoms with Gasteiger partial charge in [0, 0.05) is 5.69 Å². The highest BCUT2D eigenvalue weighted by molar-refractivity contribution is 6.04. The Morgan fingerprint density at radius 2 is 1.79 bits per heavy atom. The molecule has 11 heteroatoms. The van der Waals surface area contributed by atoms with E-state index in [2.05, 4.69) is 20.8 Å². The molecule has 7 nitrogen and oxygen atoms in total. The lowest BCUT2D eigenvalue weighted by Gasteiger charge is -2.12. The first-order chi connectivity index (χ1) is 15.7. The first-order valence-corrected chi connectivity index (χ1v) is 9.53. The standard InChI is InChI=1S/C22H17F4N5O2/c1-33-17-9-7-14(18-19(17)30-31-20(18)27)11-2-5-13(6-3-11)28-21(32)29-16-10-12(22(24,25)26)4-8-15(16)23/h2-10H,1H3,(H3,27,30,31)(H2,28,29,32). The van der Waals surface area contributed by atoms with E-state index in [1.807, 2.05) is 6.07 Å². The number of hydrogen-bond donors (Lipinski definition) is 4. The summed E-state index contributed by atoms with van der Waals surface area (Å²) < 4.78 is 57.7. The molecule has 0 aliphatic carbocycles. The number of hydrogen-bond acceptors (Lipinski definition) is 4. The lowest BCUT2D eigenvalue weighted by Crippen LogP contribution is -2.20. The van der Waals surface area contributed by atoms with Crippen LogP contribution in [-0.4, -0.2) is 23.3 Å². The average molecular weight is 459 g/mol. The number of ether oxygens (including phenoxy) is 1. The number of carbonyl (C=O) groups excluding carboxylic acids is 1. The molecule has 0 unspecified atom stereocenters. The van der Waals surface area contributed by atoms with Crippen molar-refractivity contribution >= 4 is 34.1 Å². The number of alkyl halides is 3. The molecule has 0 atom stereocenters. The summed E-state index contributed by atoms with van der Waals surface area (Å²) in [5, 5.41) is 12.1. The van der Waals surface area contributed by atoms with Gasteiger partial charge in [0.25, 0.3) is 0 Å². The predicted molar refractivity (Wildman–Crippen MR) is 117 cm³/mol. The summed E-state index contributed by atoms with van der Waals surface area (Å²) in [7, 11) is 1.53. The number of fused-ring (bicyclic) bond motifs is 1. The van der Waals surface area contributed by atoms with Gasteiger partial charge in [0.05, 0.1) is 23.7 Å². The minimum Gasteiger partial charge on any atom is -0.494 e. The zero-order valence-corrected chi connectivity index (χ0v) is 17.0. The van der Waals surface area contributed by atoms with Gasteiger partial charge in [-0.1, -0.05) is 12.1 Å². The second-order valence-electron chi connectivity index (χ2n) is 7.02. The third-order valence-corrected chi connectivity index (χ3v) is 4.93. The highest BCUT2D eigenvalue weighted by atomic mass is 19.4. The first-order valence-electron chi connectivity index (χ1n) is 9.53. The van der Waals surface area contributed by atoms with Crippen LogP contribution in [0.3, 0.4) is 0 Å². The Balaban J connectivity index is 1.53. The number of benzene rings is 3. The molecule has 0 spiro atoms. The van der Waals surface area contributed by atoms with Crippen molar-refractivity contribution in [2.75, 3.05) is 23.5 Å². The van der Waals surface area contributed by atoms with Crippen molar-refractivity contribution in [3.63, 3.8) is 0 Å². The number of nitrogens with two attached hydrogens (primary N) is 1. The summed E-state index contributed by atoms with van der Waals surface area (Å²) in [4.78, 5) is 12.2. The Morgan fingerprint density at radius 1 is 1.06 bits per heavy atom. The van der Waals surface area contributed by atoms with E-state index in [1.165, 1.54) is 7.11 Å². The van der Waals surface area contributed by atoms with Crippen LogP contribution in [0.5, 0.6) is 5.75 Å². The molecule has 4 aromatic rings. The molecule has 0 saturated heterocycles. The smallest absolute Gasteiger partial charge is 0.416 e. The van der Waals surface area contributed by atoms with Crippen LogP contribution in [0.25, 0.3) is 22.0 Å². The fourth-order valence-corrected chi connectivity index (χ4v) is 3.36. The van der Waals surface area contributed by atoms with Crippen LogP contribution in [0, 0.1) is 5.82 Å². The van der Waals surface area contributed by atoms with Gasteiger partial charge in [-0.05, 0) is 53.6 Å². The quantitative estimate of drug-likeness (QED) is 0.297. The lowest BCUT2D eigenvalue weighted by atomic mass is 10.0. The monoisotopic (exact) mass is 459 g/mol. The van der Waals surface area contributed by atoms with Gasteiger partial charge in [0.15, 0.2) is 5.82 Å². The van der Waals surface area contributed by atoms with E-state index in [9.17, 15) is 22.4 Å². The van der Waals surface area contributed by atoms with Gasteiger partial charge in [-0.3, -0.25) is 5.10 Å². The lowest BCUT2D eigenvalue weighted by molar-refractivity contribution is -0.137. The van der Waals surface area contributed by atoms with E-state index in [0.29, 0.717) is 46.4 Å². The summed E-state index contributed by atoms with van der Waals surface area (Å²) in [5.41, 5.74) is 6.85. The molecule has 0 aliphatic rings. The fraction of sp³-hybridized carbons (Fsp3) is 0.0909. The second kappa shape index (κ2) is 8.34. The van der Waals surface area contributed by atoms with E-state index < -0.39 is 29.3 Å². The van der Waals surface area contributed by atoms with Crippen molar-refractivity contribution in [1.29, 1.82) is 0 Å². The highest BCUT2D eigenvalue weighted by Gasteiger charge is 2.31. The molecule has 1 aromatic heterocycles. The molecule has 0 saturated carbocycles. The van der Waals surface area contributed by atoms with Gasteiger partial charge >= 0.3 is 12.2 Å². The zero-order valence-electron chi connectivity index (χ0n) is 17.0. The molecule has 3 aromatic carbocycles. The van der Waals surface area contributed by atoms with E-state index in [1.54, 1.807) is 30.3 Å². The molecular weight excluding hydrogens is 442 g/mol. The number of urea groups is 1. The maximum atomic E-state index is 13.8. The van der Waals surface area contributed by atoms with Crippen molar-refractivity contribution in [1.82, 2.24) is 10.2 Å². The van der Waals surface area contributed by atoms with Gasteiger partial charge in [0.2, 0.25) is 0 Å². The molecule has 0 fully saturated rings. The molecular formula is C22H17F4N5O2. The Hall–Kier alpha value is -4.28. The zero-order chi connectivity index (χ0) is 23.8. The Labute approximate surface area is 184 Å². The number of nitrogens with zero attached hydrogens (tertiary/aromatic N) is 1. The predicted octanol–water partition coefficient (Wildman–Crippen LogP) is 5.62. The van der Waals surface area contributed by atoms with Gasteiger partial charge in [-0.15, -0.1) is 0 Å². The van der Waals surface area contributed by atoms with E-state index in [0.717, 1.165) is 11.1 Å². The third kappa shape index (κ3) is 4.38. The Bertz CT molecular complexity index is 1330. The number of carbonyl (C=O) groups is 1. The molecule has 170 valence electrons. The van der Waals surface area contributed by atoms with Crippen LogP contribution >= 0.6 is 0 Å². The van der Waals surface area contributed by atoms with Gasteiger partial charge in [-0.2, -0.15) is 18.3 Å². The summed E-state index contributed by atoms with van der Waals surface area (Å²) in [6, 6.07) is 11.1. The number of methoxy groups -OCH3 is 1. The van der Waals surface area contributed by atoms with Crippen LogP contribution in [0.1, 0.15) is 5.56 Å². The SMILES string of the molecule is COc1ccc(-c2ccc(NC(=O)Nc3cc(C(F)(F)F)ccc3F)cc2)c2c(N)n[nH]c12. The van der Waals surface area contributed by atoms with Crippen LogP contribution in [0.15, 0.2) is 54.6 Å². The number of aromatic nitrogens is 2. The van der Waals surface area contributed by atoms with Crippen molar-refractivity contribution in [3.8, 4) is 16.9 Å². The number of amides is 2. The summed E-state index contributed by atoms with van der Waals surface area (Å²) in [6.45, 7) is 0. The number of anilines is 3. The fourth-order valence-electron chi connectivity index (χ4n) is 3.36. The number of rotatable bonds is 4. The Kier molecular flexibility index (Phi) is 5.54. The summed E-state index contributed by atoms with van der Waals surface area (Å²) >= 11 is 0. The third-order valence-electron chi connectivity index (χ3n) is 4.93. The number of nitrogens with one attached hydrogen (secondary N) is 3. The second-order valence-corrected chi connectivity index (χ2v) is 7.02. The Morgan fingerprint density at radius 3 is 2.45 bits per heavy atom. The molecule has 2 amide bonds. The topological polar surface area (TPSA) is 105 Å². The van der Waals surface area contributed by atoms with E-state index in [-0.39, 0.29) is 0 Å². The van der Waals surface area contributed by atoms with E-state index in [4.69, 9.17) is 10.5 Å². The van der Waals surface area contributed by atoms with Gasteiger partial charge in [-0.25, -0.2) is 9.18 Å². The van der Waals surface area contributed by atoms with E-state index >= 15 is 0 Å². The van der Waals surface area contributed by atoms with Crippen LogP contribution in [-0.2, 0) is 6.18 Å². The largest absolute Gasteiger partial charge is 0.494 e. The van der Waals surface area contributed by atoms with Crippen LogP contribution in [0.2, 0.25) is 0 Å². The molecule has 0 bridgehead atoms. The maximum Gasteiger partial charge on any atom is 0.416 e. The van der Waals surface area contributed by atoms with Crippen molar-refractivity contribution in [2.45, 2.75) is 6.18 Å². The minimum absolute atomic E-state index is 0.295. The molecule has 5 N–H and O–H groups in total. The minimum atomic E-state index is -4.66. The van der Waals surface area contributed by atoms with Crippen molar-refractivity contribution in [2.24, 2.45) is 0 Å². The number of nitrogen functional groups attached to an aromatic ring is 1. The number of halogens is 4. The van der Waals surface area contributed by atoms with Crippen LogP contribution in [0.4, 0.5) is 39.5 Å². The molecule has 33 heavy (non-hydrogen) atoms. The molecule has 4 rings (SSSR count). The first kappa shape index (κ1) is 21.9. The molecule has 0 aliphatic heterocycles. The maximum absolute atomic E-state index is 13.8. The van der Waals surface area contributed by atoms with Gasteiger partial charge in [0.1, 0.15) is 17.1 Å². The van der Waals surface area contributed by atoms with Crippen molar-refractivity contribution < 1.29 is 27.1 Å². The van der Waals surface area contributed by atoms with Gasteiger partial charge < -0.3 is 21.1 Å². The molecule has 0 radical (unpaired) electrons. The normalized spacial score (nSPS) is 11.4. The summed E-state index contributed by atoms with van der Waals surface area (Å²) in [6.07, 6.45) is -4.66. The van der Waals surface area contributed by atoms with Crippen LogP contribution < -0.4 is 21.1 Å². The number of H-pyrrole nitrogens is 1. The van der Waals surface area contributed by atoms with Crippen molar-refractivity contribution in [3.05, 3.63) is 66.0 Å². The molecule has 1 heterocycles. The number of aromatic amines is 1. The average Bonchev–Trinajstić information content (AvgIpc) is 3.16. The summed E-state index contributed by atoms with van der Waals surface area (Å²) in [5.74, 6) is -0.118.